The van der Waals surface area contributed by atoms with Crippen molar-refractivity contribution in [3.05, 3.63) is 297 Å². The highest BCUT2D eigenvalue weighted by atomic mass is 35.5. The summed E-state index contributed by atoms with van der Waals surface area (Å²) in [4.78, 5) is 68.6. The molecule has 0 saturated heterocycles. The van der Waals surface area contributed by atoms with Gasteiger partial charge in [-0.3, -0.25) is 28.7 Å². The second-order valence-electron chi connectivity index (χ2n) is 29.4. The minimum absolute atomic E-state index is 0.423. The van der Waals surface area contributed by atoms with Gasteiger partial charge in [-0.15, -0.1) is 0 Å². The van der Waals surface area contributed by atoms with Gasteiger partial charge >= 0.3 is 18.3 Å². The lowest BCUT2D eigenvalue weighted by atomic mass is 9.92. The van der Waals surface area contributed by atoms with Crippen molar-refractivity contribution in [1.82, 2.24) is 73.9 Å². The number of amides is 3. The van der Waals surface area contributed by atoms with E-state index in [1.807, 2.05) is 146 Å². The van der Waals surface area contributed by atoms with Crippen LogP contribution in [0.3, 0.4) is 0 Å². The molecule has 3 amide bonds. The molecule has 0 aliphatic carbocycles. The quantitative estimate of drug-likeness (QED) is 0.0448. The fourth-order valence-electron chi connectivity index (χ4n) is 15.8. The first-order valence-electron chi connectivity index (χ1n) is 40.1. The third-order valence-electron chi connectivity index (χ3n) is 21.7. The zero-order valence-corrected chi connectivity index (χ0v) is 70.3. The molecule has 0 spiro atoms. The molecule has 9 heterocycles. The number of hydrogen-bond acceptors (Lipinski definition) is 19. The zero-order chi connectivity index (χ0) is 84.9. The second-order valence-corrected chi connectivity index (χ2v) is 30.7. The Morgan fingerprint density at radius 2 is 0.699 bits per heavy atom. The SMILES string of the molecule is COc1cc(C2c3[nH]c4ccc(Cl)cc4c3CCN2C(=O)Oc2ccc(C)cc2)ccc1OCCCn1cncn1.COc1cc(C2c3[nH]c4ccc(Cl)cc4c3CCN2C(=O)Oc2ccccc2)ccc1OCCCn1cncn1.COc1ccc(OC(=O)N2CCc3c([nH]c4ccc(Cl)cc34)C2c2ccc(OCCCn3cncn3)c(OC)c2)cc1. The van der Waals surface area contributed by atoms with Crippen LogP contribution in [-0.4, -0.2) is 160 Å². The van der Waals surface area contributed by atoms with Gasteiger partial charge in [0.2, 0.25) is 0 Å². The molecule has 3 atom stereocenters. The van der Waals surface area contributed by atoms with E-state index in [1.54, 1.807) is 125 Å². The number of fused-ring (bicyclic) bond motifs is 9. The fraction of sp³-hybridized carbons (Fsp3) is 0.250. The number of para-hydroxylation sites is 1. The van der Waals surface area contributed by atoms with E-state index in [4.69, 9.17) is 82.2 Å². The molecule has 18 rings (SSSR count). The van der Waals surface area contributed by atoms with Crippen LogP contribution in [-0.2, 0) is 38.9 Å². The smallest absolute Gasteiger partial charge is 0.416 e. The number of carbonyl (C=O) groups is 3. The summed E-state index contributed by atoms with van der Waals surface area (Å²) in [5.41, 5.74) is 12.8. The van der Waals surface area contributed by atoms with Crippen LogP contribution in [0.1, 0.15) is 93.4 Å². The molecule has 123 heavy (non-hydrogen) atoms. The first kappa shape index (κ1) is 83.0. The summed E-state index contributed by atoms with van der Waals surface area (Å²) in [7, 11) is 6.42. The summed E-state index contributed by atoms with van der Waals surface area (Å²) >= 11 is 19.1. The predicted octanol–water partition coefficient (Wildman–Crippen LogP) is 18.4. The Hall–Kier alpha value is -13.7. The van der Waals surface area contributed by atoms with Crippen LogP contribution < -0.4 is 47.4 Å². The van der Waals surface area contributed by atoms with Gasteiger partial charge < -0.3 is 62.3 Å². The van der Waals surface area contributed by atoms with Crippen LogP contribution in [0.4, 0.5) is 14.4 Å². The molecule has 3 N–H and O–H groups in total. The minimum Gasteiger partial charge on any atom is -0.497 e. The van der Waals surface area contributed by atoms with Gasteiger partial charge in [-0.25, -0.2) is 29.3 Å². The van der Waals surface area contributed by atoms with Gasteiger partial charge in [0.15, 0.2) is 34.5 Å². The van der Waals surface area contributed by atoms with Gasteiger partial charge in [0.25, 0.3) is 0 Å². The standard InChI is InChI=1S/C31H30ClN5O5.C31H30ClN5O4.C30H28ClN5O4/c1-39-22-6-8-23(9-7-22)42-31(38)37-14-12-24-25-17-21(32)5-10-26(25)35-29(24)30(37)20-4-11-27(28(16-20)40-2)41-15-3-13-36-19-33-18-34-36;1-20-4-8-23(9-5-20)41-31(38)37-14-12-24-25-17-22(32)7-10-26(25)35-29(24)30(37)21-6-11-27(28(16-21)39-2)40-15-3-13-36-19-33-18-34-36;1-38-27-16-20(8-11-26(27)39-15-5-13-35-19-32-18-33-35)29-28-23(24-17-21(31)9-10-25(24)34-28)12-14-36(29)30(37)40-22-6-3-2-4-7-22/h4-11,16-19,30,35H,3,12-15H2,1-2H3;4-11,16-19,30,35H,3,12-15H2,1-2H3;2-4,6-11,16-19,29,34H,5,12-15H2,1H3. The lowest BCUT2D eigenvalue weighted by Crippen LogP contribution is -2.42. The van der Waals surface area contributed by atoms with E-state index in [-0.39, 0.29) is 0 Å². The number of aromatic amines is 3. The fourth-order valence-corrected chi connectivity index (χ4v) is 16.3. The van der Waals surface area contributed by atoms with Crippen molar-refractivity contribution in [3.63, 3.8) is 0 Å². The van der Waals surface area contributed by atoms with Crippen molar-refractivity contribution in [1.29, 1.82) is 0 Å². The molecule has 0 fully saturated rings. The van der Waals surface area contributed by atoms with E-state index in [9.17, 15) is 14.4 Å². The average molecular weight is 1720 g/mol. The van der Waals surface area contributed by atoms with Crippen LogP contribution in [0, 0.1) is 6.92 Å². The Bertz CT molecular complexity index is 6150. The largest absolute Gasteiger partial charge is 0.497 e. The summed E-state index contributed by atoms with van der Waals surface area (Å²) in [6, 6.07) is 56.9. The molecule has 630 valence electrons. The maximum Gasteiger partial charge on any atom is 0.416 e. The van der Waals surface area contributed by atoms with E-state index in [0.717, 1.165) is 108 Å². The van der Waals surface area contributed by atoms with E-state index < -0.39 is 36.4 Å². The van der Waals surface area contributed by atoms with Crippen molar-refractivity contribution in [3.8, 4) is 57.5 Å². The predicted molar refractivity (Wildman–Crippen MR) is 465 cm³/mol. The lowest BCUT2D eigenvalue weighted by molar-refractivity contribution is 0.134. The van der Waals surface area contributed by atoms with Gasteiger partial charge in [-0.05, 0) is 199 Å². The van der Waals surface area contributed by atoms with Crippen molar-refractivity contribution in [2.45, 2.75) is 83.2 Å². The van der Waals surface area contributed by atoms with Crippen LogP contribution in [0.15, 0.2) is 226 Å². The third kappa shape index (κ3) is 19.1. The first-order chi connectivity index (χ1) is 60.1. The van der Waals surface area contributed by atoms with Crippen LogP contribution in [0.5, 0.6) is 57.5 Å². The van der Waals surface area contributed by atoms with Crippen molar-refractivity contribution < 1.29 is 61.8 Å². The molecule has 0 radical (unpaired) electrons. The molecule has 3 aliphatic rings. The molecule has 9 aromatic carbocycles. The van der Waals surface area contributed by atoms with E-state index >= 15 is 0 Å². The van der Waals surface area contributed by atoms with Gasteiger partial charge in [-0.1, -0.05) is 88.9 Å². The lowest BCUT2D eigenvalue weighted by Gasteiger charge is -2.35. The second kappa shape index (κ2) is 38.4. The van der Waals surface area contributed by atoms with E-state index in [2.05, 4.69) is 45.2 Å². The Morgan fingerprint density at radius 3 is 1.02 bits per heavy atom. The number of aromatic nitrogens is 12. The maximum atomic E-state index is 13.6. The first-order valence-corrected chi connectivity index (χ1v) is 41.3. The topological polar surface area (TPSA) is 293 Å². The number of halogens is 3. The van der Waals surface area contributed by atoms with Crippen molar-refractivity contribution in [2.75, 3.05) is 67.9 Å². The Morgan fingerprint density at radius 1 is 0.374 bits per heavy atom. The molecule has 31 heteroatoms. The normalized spacial score (nSPS) is 14.6. The molecule has 0 bridgehead atoms. The molecule has 28 nitrogen and oxygen atoms in total. The number of hydrogen-bond donors (Lipinski definition) is 3. The Balaban J connectivity index is 0.000000137. The highest BCUT2D eigenvalue weighted by Gasteiger charge is 2.40. The van der Waals surface area contributed by atoms with E-state index in [0.29, 0.717) is 151 Å². The number of nitrogens with zero attached hydrogens (tertiary/aromatic N) is 12. The summed E-state index contributed by atoms with van der Waals surface area (Å²) in [5, 5.41) is 17.5. The molecule has 15 aromatic rings. The number of ether oxygens (including phenoxy) is 10. The number of nitrogens with one attached hydrogen (secondary N) is 3. The van der Waals surface area contributed by atoms with Crippen LogP contribution in [0.2, 0.25) is 15.1 Å². The number of rotatable bonds is 25. The molecule has 6 aromatic heterocycles. The number of benzene rings is 9. The van der Waals surface area contributed by atoms with Gasteiger partial charge in [0.1, 0.15) is 79.1 Å². The molecule has 0 saturated carbocycles. The molecule has 3 unspecified atom stereocenters. The van der Waals surface area contributed by atoms with Gasteiger partial charge in [0, 0.05) is 123 Å². The number of carbonyl (C=O) groups excluding carboxylic acids is 3. The highest BCUT2D eigenvalue weighted by Crippen LogP contribution is 2.47. The molecule has 3 aliphatic heterocycles. The molecular weight excluding hydrogens is 1630 g/mol. The minimum atomic E-state index is -0.458. The third-order valence-corrected chi connectivity index (χ3v) is 22.4. The summed E-state index contributed by atoms with van der Waals surface area (Å²) in [5.74, 6) is 5.72. The van der Waals surface area contributed by atoms with Crippen LogP contribution >= 0.6 is 34.8 Å². The molecular formula is C92H88Cl3N15O13. The van der Waals surface area contributed by atoms with E-state index in [1.165, 1.54) is 19.0 Å². The van der Waals surface area contributed by atoms with Crippen molar-refractivity contribution in [2.24, 2.45) is 0 Å². The highest BCUT2D eigenvalue weighted by molar-refractivity contribution is 6.32. The zero-order valence-electron chi connectivity index (χ0n) is 68.0. The summed E-state index contributed by atoms with van der Waals surface area (Å²) < 4.78 is 63.3. The summed E-state index contributed by atoms with van der Waals surface area (Å²) in [6.45, 7) is 6.95. The maximum absolute atomic E-state index is 13.6. The van der Waals surface area contributed by atoms with Gasteiger partial charge in [0.05, 0.1) is 48.3 Å². The summed E-state index contributed by atoms with van der Waals surface area (Å²) in [6.07, 6.45) is 12.5. The van der Waals surface area contributed by atoms with Crippen LogP contribution in [0.25, 0.3) is 32.7 Å². The Labute approximate surface area is 723 Å². The number of H-pyrrole nitrogens is 3. The Kier molecular flexibility index (Phi) is 25.9. The van der Waals surface area contributed by atoms with Crippen molar-refractivity contribution >= 4 is 85.8 Å². The number of methoxy groups -OCH3 is 4. The average Bonchev–Trinajstić information content (AvgIpc) is 1.37. The van der Waals surface area contributed by atoms with Gasteiger partial charge in [-0.2, -0.15) is 15.3 Å². The number of aryl methyl sites for hydroxylation is 4. The monoisotopic (exact) mass is 1720 g/mol.